The maximum absolute atomic E-state index is 11.8. The number of aromatic nitrogens is 1. The smallest absolute Gasteiger partial charge is 0.225 e. The number of benzene rings is 1. The second-order valence-corrected chi connectivity index (χ2v) is 5.68. The SMILES string of the molecule is O=C1C[C@H](COc2cccc(Cl)n2)N1CCc1ccccc1. The minimum absolute atomic E-state index is 0.122. The van der Waals surface area contributed by atoms with Gasteiger partial charge in [-0.2, -0.15) is 0 Å². The van der Waals surface area contributed by atoms with Crippen molar-refractivity contribution >= 4 is 17.5 Å². The first kappa shape index (κ1) is 14.9. The Hall–Kier alpha value is -2.07. The number of carbonyl (C=O) groups excluding carboxylic acids is 1. The van der Waals surface area contributed by atoms with Gasteiger partial charge in [0, 0.05) is 12.6 Å². The average Bonchev–Trinajstić information content (AvgIpc) is 2.52. The Morgan fingerprint density at radius 3 is 2.73 bits per heavy atom. The quantitative estimate of drug-likeness (QED) is 0.608. The second kappa shape index (κ2) is 6.79. The minimum Gasteiger partial charge on any atom is -0.475 e. The number of rotatable bonds is 6. The largest absolute Gasteiger partial charge is 0.475 e. The van der Waals surface area contributed by atoms with Gasteiger partial charge in [-0.3, -0.25) is 4.79 Å². The van der Waals surface area contributed by atoms with Crippen molar-refractivity contribution in [3.8, 4) is 5.88 Å². The summed E-state index contributed by atoms with van der Waals surface area (Å²) < 4.78 is 5.63. The lowest BCUT2D eigenvalue weighted by atomic mass is 10.0. The summed E-state index contributed by atoms with van der Waals surface area (Å²) >= 11 is 5.82. The van der Waals surface area contributed by atoms with Gasteiger partial charge < -0.3 is 9.64 Å². The molecule has 2 heterocycles. The number of carbonyl (C=O) groups is 1. The fourth-order valence-electron chi connectivity index (χ4n) is 2.52. The lowest BCUT2D eigenvalue weighted by molar-refractivity contribution is -0.147. The summed E-state index contributed by atoms with van der Waals surface area (Å²) in [4.78, 5) is 17.7. The Balaban J connectivity index is 1.50. The zero-order valence-electron chi connectivity index (χ0n) is 12.1. The van der Waals surface area contributed by atoms with E-state index in [-0.39, 0.29) is 11.9 Å². The highest BCUT2D eigenvalue weighted by Gasteiger charge is 2.36. The van der Waals surface area contributed by atoms with Crippen LogP contribution < -0.4 is 4.74 Å². The number of amides is 1. The van der Waals surface area contributed by atoms with Gasteiger partial charge in [0.15, 0.2) is 0 Å². The number of ether oxygens (including phenoxy) is 1. The maximum atomic E-state index is 11.8. The van der Waals surface area contributed by atoms with Crippen molar-refractivity contribution in [2.75, 3.05) is 13.2 Å². The van der Waals surface area contributed by atoms with Gasteiger partial charge in [-0.25, -0.2) is 4.98 Å². The van der Waals surface area contributed by atoms with Gasteiger partial charge in [-0.15, -0.1) is 0 Å². The number of likely N-dealkylation sites (tertiary alicyclic amines) is 1. The van der Waals surface area contributed by atoms with E-state index in [1.807, 2.05) is 23.1 Å². The lowest BCUT2D eigenvalue weighted by Gasteiger charge is -2.40. The number of pyridine rings is 1. The molecule has 2 aromatic rings. The predicted molar refractivity (Wildman–Crippen MR) is 85.0 cm³/mol. The van der Waals surface area contributed by atoms with Crippen molar-refractivity contribution in [2.45, 2.75) is 18.9 Å². The van der Waals surface area contributed by atoms with Crippen LogP contribution in [0, 0.1) is 0 Å². The number of hydrogen-bond donors (Lipinski definition) is 0. The third-order valence-corrected chi connectivity index (χ3v) is 3.98. The number of hydrogen-bond acceptors (Lipinski definition) is 3. The monoisotopic (exact) mass is 316 g/mol. The molecule has 0 bridgehead atoms. The van der Waals surface area contributed by atoms with Gasteiger partial charge in [0.25, 0.3) is 0 Å². The molecule has 0 N–H and O–H groups in total. The number of nitrogens with zero attached hydrogens (tertiary/aromatic N) is 2. The molecule has 1 aromatic carbocycles. The molecule has 1 saturated heterocycles. The van der Waals surface area contributed by atoms with E-state index in [9.17, 15) is 4.79 Å². The summed E-state index contributed by atoms with van der Waals surface area (Å²) in [7, 11) is 0. The summed E-state index contributed by atoms with van der Waals surface area (Å²) in [6.07, 6.45) is 1.40. The van der Waals surface area contributed by atoms with Crippen molar-refractivity contribution in [3.63, 3.8) is 0 Å². The van der Waals surface area contributed by atoms with Crippen LogP contribution in [0.5, 0.6) is 5.88 Å². The van der Waals surface area contributed by atoms with E-state index in [0.29, 0.717) is 24.1 Å². The summed E-state index contributed by atoms with van der Waals surface area (Å²) in [6.45, 7) is 1.17. The highest BCUT2D eigenvalue weighted by atomic mass is 35.5. The van der Waals surface area contributed by atoms with Gasteiger partial charge in [-0.05, 0) is 18.1 Å². The second-order valence-electron chi connectivity index (χ2n) is 5.29. The van der Waals surface area contributed by atoms with E-state index in [2.05, 4.69) is 17.1 Å². The predicted octanol–water partition coefficient (Wildman–Crippen LogP) is 2.96. The van der Waals surface area contributed by atoms with Crippen molar-refractivity contribution in [2.24, 2.45) is 0 Å². The average molecular weight is 317 g/mol. The van der Waals surface area contributed by atoms with Crippen LogP contribution in [-0.2, 0) is 11.2 Å². The lowest BCUT2D eigenvalue weighted by Crippen LogP contribution is -2.55. The van der Waals surface area contributed by atoms with Crippen LogP contribution in [0.15, 0.2) is 48.5 Å². The first-order chi connectivity index (χ1) is 10.7. The van der Waals surface area contributed by atoms with E-state index < -0.39 is 0 Å². The van der Waals surface area contributed by atoms with E-state index in [4.69, 9.17) is 16.3 Å². The van der Waals surface area contributed by atoms with Crippen LogP contribution in [0.4, 0.5) is 0 Å². The minimum atomic E-state index is 0.122. The van der Waals surface area contributed by atoms with Gasteiger partial charge in [-0.1, -0.05) is 48.0 Å². The van der Waals surface area contributed by atoms with Crippen molar-refractivity contribution < 1.29 is 9.53 Å². The molecular formula is C17H17ClN2O2. The van der Waals surface area contributed by atoms with Crippen LogP contribution in [0.1, 0.15) is 12.0 Å². The molecule has 0 unspecified atom stereocenters. The highest BCUT2D eigenvalue weighted by molar-refractivity contribution is 6.29. The number of halogens is 1. The van der Waals surface area contributed by atoms with Crippen LogP contribution in [0.2, 0.25) is 5.15 Å². The summed E-state index contributed by atoms with van der Waals surface area (Å²) in [5, 5.41) is 0.406. The molecule has 1 atom stereocenters. The molecule has 1 aliphatic rings. The highest BCUT2D eigenvalue weighted by Crippen LogP contribution is 2.21. The van der Waals surface area contributed by atoms with E-state index in [1.165, 1.54) is 5.56 Å². The Morgan fingerprint density at radius 2 is 2.00 bits per heavy atom. The van der Waals surface area contributed by atoms with Crippen LogP contribution in [0.25, 0.3) is 0 Å². The molecule has 0 saturated carbocycles. The molecule has 1 aromatic heterocycles. The first-order valence-corrected chi connectivity index (χ1v) is 7.69. The fourth-order valence-corrected chi connectivity index (χ4v) is 2.68. The summed E-state index contributed by atoms with van der Waals surface area (Å²) in [5.74, 6) is 0.679. The summed E-state index contributed by atoms with van der Waals surface area (Å²) in [6, 6.07) is 15.6. The molecule has 114 valence electrons. The van der Waals surface area contributed by atoms with Gasteiger partial charge in [0.2, 0.25) is 11.8 Å². The standard InChI is InChI=1S/C17H17ClN2O2/c18-15-7-4-8-16(19-15)22-12-14-11-17(21)20(14)10-9-13-5-2-1-3-6-13/h1-8,14H,9-12H2/t14-/m1/s1. The van der Waals surface area contributed by atoms with Gasteiger partial charge in [0.1, 0.15) is 11.8 Å². The third-order valence-electron chi connectivity index (χ3n) is 3.77. The van der Waals surface area contributed by atoms with Crippen molar-refractivity contribution in [1.29, 1.82) is 0 Å². The molecule has 0 spiro atoms. The molecule has 22 heavy (non-hydrogen) atoms. The molecule has 5 heteroatoms. The van der Waals surface area contributed by atoms with Crippen LogP contribution >= 0.6 is 11.6 Å². The third kappa shape index (κ3) is 3.57. The van der Waals surface area contributed by atoms with Gasteiger partial charge in [0.05, 0.1) is 12.5 Å². The van der Waals surface area contributed by atoms with E-state index in [1.54, 1.807) is 18.2 Å². The molecular weight excluding hydrogens is 300 g/mol. The Labute approximate surface area is 134 Å². The maximum Gasteiger partial charge on any atom is 0.225 e. The van der Waals surface area contributed by atoms with E-state index in [0.717, 1.165) is 13.0 Å². The van der Waals surface area contributed by atoms with Crippen LogP contribution in [-0.4, -0.2) is 35.0 Å². The first-order valence-electron chi connectivity index (χ1n) is 7.31. The molecule has 4 nitrogen and oxygen atoms in total. The summed E-state index contributed by atoms with van der Waals surface area (Å²) in [5.41, 5.74) is 1.23. The molecule has 0 radical (unpaired) electrons. The molecule has 0 aliphatic carbocycles. The van der Waals surface area contributed by atoms with Crippen molar-refractivity contribution in [3.05, 3.63) is 59.2 Å². The number of β-lactam (4-membered cyclic amide) rings is 1. The van der Waals surface area contributed by atoms with Gasteiger partial charge >= 0.3 is 0 Å². The Kier molecular flexibility index (Phi) is 4.59. The van der Waals surface area contributed by atoms with E-state index >= 15 is 0 Å². The normalized spacial score (nSPS) is 17.2. The molecule has 1 aliphatic heterocycles. The molecule has 1 amide bonds. The molecule has 3 rings (SSSR count). The van der Waals surface area contributed by atoms with Crippen LogP contribution in [0.3, 0.4) is 0 Å². The van der Waals surface area contributed by atoms with Crippen molar-refractivity contribution in [1.82, 2.24) is 9.88 Å². The molecule has 1 fully saturated rings. The Bertz CT molecular complexity index is 648. The fraction of sp³-hybridized carbons (Fsp3) is 0.294. The Morgan fingerprint density at radius 1 is 1.18 bits per heavy atom. The zero-order chi connectivity index (χ0) is 15.4. The topological polar surface area (TPSA) is 42.4 Å². The zero-order valence-corrected chi connectivity index (χ0v) is 12.9.